The Morgan fingerprint density at radius 1 is 1.62 bits per heavy atom. The van der Waals surface area contributed by atoms with Crippen LogP contribution in [0.25, 0.3) is 0 Å². The third-order valence-electron chi connectivity index (χ3n) is 2.29. The Morgan fingerprint density at radius 3 is 2.85 bits per heavy atom. The molecule has 1 aliphatic heterocycles. The van der Waals surface area contributed by atoms with Gasteiger partial charge in [-0.15, -0.1) is 0 Å². The zero-order chi connectivity index (χ0) is 9.47. The van der Waals surface area contributed by atoms with Crippen molar-refractivity contribution < 1.29 is 8.42 Å². The van der Waals surface area contributed by atoms with E-state index < -0.39 is 15.1 Å². The molecule has 0 amide bonds. The van der Waals surface area contributed by atoms with Crippen LogP contribution < -0.4 is 5.73 Å². The minimum Gasteiger partial charge on any atom is -0.382 e. The molecule has 2 rings (SSSR count). The summed E-state index contributed by atoms with van der Waals surface area (Å²) in [7, 11) is -2.95. The Kier molecular flexibility index (Phi) is 1.80. The van der Waals surface area contributed by atoms with E-state index in [1.54, 1.807) is 6.07 Å². The van der Waals surface area contributed by atoms with Crippen LogP contribution in [0.1, 0.15) is 23.8 Å². The van der Waals surface area contributed by atoms with Crippen LogP contribution in [0.3, 0.4) is 0 Å². The molecule has 1 saturated heterocycles. The van der Waals surface area contributed by atoms with Gasteiger partial charge in [0, 0.05) is 6.07 Å². The monoisotopic (exact) mass is 201 g/mol. The molecule has 13 heavy (non-hydrogen) atoms. The SMILES string of the molecule is Nc1cc(C2CCCS2(=O)=O)[nH]n1. The lowest BCUT2D eigenvalue weighted by molar-refractivity contribution is 0.590. The lowest BCUT2D eigenvalue weighted by Crippen LogP contribution is -2.08. The van der Waals surface area contributed by atoms with Crippen LogP contribution in [0.2, 0.25) is 0 Å². The Bertz CT molecular complexity index is 409. The summed E-state index contributed by atoms with van der Waals surface area (Å²) < 4.78 is 23.0. The molecule has 1 aliphatic rings. The van der Waals surface area contributed by atoms with Crippen LogP contribution >= 0.6 is 0 Å². The van der Waals surface area contributed by atoms with Gasteiger partial charge in [0.2, 0.25) is 0 Å². The molecule has 1 unspecified atom stereocenters. The molecule has 1 atom stereocenters. The predicted octanol–water partition coefficient (Wildman–Crippen LogP) is 0.242. The van der Waals surface area contributed by atoms with Crippen molar-refractivity contribution in [1.29, 1.82) is 0 Å². The maximum Gasteiger partial charge on any atom is 0.158 e. The molecular weight excluding hydrogens is 190 g/mol. The Labute approximate surface area is 76.2 Å². The lowest BCUT2D eigenvalue weighted by Gasteiger charge is -2.04. The number of nitrogens with one attached hydrogen (secondary N) is 1. The van der Waals surface area contributed by atoms with Gasteiger partial charge in [0.15, 0.2) is 9.84 Å². The summed E-state index contributed by atoms with van der Waals surface area (Å²) in [5.74, 6) is 0.619. The average Bonchev–Trinajstić information content (AvgIpc) is 2.56. The van der Waals surface area contributed by atoms with Crippen LogP contribution in [0, 0.1) is 0 Å². The summed E-state index contributed by atoms with van der Waals surface area (Å²) in [6, 6.07) is 1.59. The summed E-state index contributed by atoms with van der Waals surface area (Å²) in [6.45, 7) is 0. The first-order valence-electron chi connectivity index (χ1n) is 4.12. The first-order chi connectivity index (χ1) is 6.09. The number of hydrogen-bond acceptors (Lipinski definition) is 4. The zero-order valence-electron chi connectivity index (χ0n) is 7.03. The Hall–Kier alpha value is -1.04. The molecule has 3 N–H and O–H groups in total. The molecule has 6 heteroatoms. The molecule has 0 radical (unpaired) electrons. The van der Waals surface area contributed by atoms with Crippen molar-refractivity contribution in [1.82, 2.24) is 10.2 Å². The number of aromatic amines is 1. The van der Waals surface area contributed by atoms with Gasteiger partial charge in [-0.3, -0.25) is 5.10 Å². The minimum absolute atomic E-state index is 0.274. The maximum atomic E-state index is 11.5. The fourth-order valence-corrected chi connectivity index (χ4v) is 3.55. The second-order valence-corrected chi connectivity index (χ2v) is 5.55. The van der Waals surface area contributed by atoms with Gasteiger partial charge in [0.05, 0.1) is 11.4 Å². The summed E-state index contributed by atoms with van der Waals surface area (Å²) in [5, 5.41) is 5.94. The number of hydrogen-bond donors (Lipinski definition) is 2. The summed E-state index contributed by atoms with van der Waals surface area (Å²) in [5.41, 5.74) is 6.02. The predicted molar refractivity (Wildman–Crippen MR) is 48.8 cm³/mol. The molecular formula is C7H11N3O2S. The van der Waals surface area contributed by atoms with Gasteiger partial charge in [0.25, 0.3) is 0 Å². The van der Waals surface area contributed by atoms with E-state index in [2.05, 4.69) is 10.2 Å². The van der Waals surface area contributed by atoms with Gasteiger partial charge in [-0.05, 0) is 12.8 Å². The zero-order valence-corrected chi connectivity index (χ0v) is 7.84. The van der Waals surface area contributed by atoms with Gasteiger partial charge >= 0.3 is 0 Å². The van der Waals surface area contributed by atoms with Crippen molar-refractivity contribution in [3.05, 3.63) is 11.8 Å². The average molecular weight is 201 g/mol. The largest absolute Gasteiger partial charge is 0.382 e. The molecule has 0 aromatic carbocycles. The second-order valence-electron chi connectivity index (χ2n) is 3.25. The van der Waals surface area contributed by atoms with Gasteiger partial charge in [-0.2, -0.15) is 5.10 Å². The molecule has 0 spiro atoms. The Balaban J connectivity index is 2.37. The van der Waals surface area contributed by atoms with Crippen LogP contribution in [-0.4, -0.2) is 24.4 Å². The van der Waals surface area contributed by atoms with E-state index >= 15 is 0 Å². The lowest BCUT2D eigenvalue weighted by atomic mass is 10.2. The van der Waals surface area contributed by atoms with Gasteiger partial charge in [-0.1, -0.05) is 0 Å². The van der Waals surface area contributed by atoms with E-state index in [0.29, 0.717) is 17.9 Å². The van der Waals surface area contributed by atoms with E-state index in [-0.39, 0.29) is 5.75 Å². The third-order valence-corrected chi connectivity index (χ3v) is 4.51. The van der Waals surface area contributed by atoms with Crippen LogP contribution in [0.15, 0.2) is 6.07 Å². The van der Waals surface area contributed by atoms with Crippen molar-refractivity contribution in [3.8, 4) is 0 Å². The summed E-state index contributed by atoms with van der Waals surface area (Å²) in [4.78, 5) is 0. The van der Waals surface area contributed by atoms with Crippen molar-refractivity contribution in [3.63, 3.8) is 0 Å². The topological polar surface area (TPSA) is 88.8 Å². The van der Waals surface area contributed by atoms with Gasteiger partial charge in [0.1, 0.15) is 11.1 Å². The molecule has 2 heterocycles. The second kappa shape index (κ2) is 2.73. The molecule has 0 saturated carbocycles. The molecule has 1 aromatic rings. The number of nitrogens with zero attached hydrogens (tertiary/aromatic N) is 1. The molecule has 0 bridgehead atoms. The van der Waals surface area contributed by atoms with Crippen molar-refractivity contribution in [2.24, 2.45) is 0 Å². The van der Waals surface area contributed by atoms with E-state index in [0.717, 1.165) is 6.42 Å². The van der Waals surface area contributed by atoms with Gasteiger partial charge < -0.3 is 5.73 Å². The van der Waals surface area contributed by atoms with E-state index in [1.807, 2.05) is 0 Å². The van der Waals surface area contributed by atoms with Crippen LogP contribution in [-0.2, 0) is 9.84 Å². The van der Waals surface area contributed by atoms with Crippen molar-refractivity contribution in [2.75, 3.05) is 11.5 Å². The van der Waals surface area contributed by atoms with E-state index in [1.165, 1.54) is 0 Å². The number of nitrogens with two attached hydrogens (primary N) is 1. The first kappa shape index (κ1) is 8.55. The van der Waals surface area contributed by atoms with E-state index in [9.17, 15) is 8.42 Å². The Morgan fingerprint density at radius 2 is 2.38 bits per heavy atom. The van der Waals surface area contributed by atoms with E-state index in [4.69, 9.17) is 5.73 Å². The number of H-pyrrole nitrogens is 1. The number of nitrogen functional groups attached to an aromatic ring is 1. The highest BCUT2D eigenvalue weighted by atomic mass is 32.2. The normalized spacial score (nSPS) is 26.3. The van der Waals surface area contributed by atoms with Gasteiger partial charge in [-0.25, -0.2) is 8.42 Å². The fourth-order valence-electron chi connectivity index (χ4n) is 1.66. The highest BCUT2D eigenvalue weighted by molar-refractivity contribution is 7.91. The minimum atomic E-state index is -2.95. The smallest absolute Gasteiger partial charge is 0.158 e. The molecule has 5 nitrogen and oxygen atoms in total. The summed E-state index contributed by atoms with van der Waals surface area (Å²) >= 11 is 0. The van der Waals surface area contributed by atoms with Crippen LogP contribution in [0.5, 0.6) is 0 Å². The third kappa shape index (κ3) is 1.41. The highest BCUT2D eigenvalue weighted by Crippen LogP contribution is 2.33. The quantitative estimate of drug-likeness (QED) is 0.681. The van der Waals surface area contributed by atoms with Crippen molar-refractivity contribution >= 4 is 15.7 Å². The standard InChI is InChI=1S/C7H11N3O2S/c8-7-4-5(9-10-7)6-2-1-3-13(6,11)12/h4,6H,1-3H2,(H3,8,9,10). The summed E-state index contributed by atoms with van der Waals surface area (Å²) in [6.07, 6.45) is 1.40. The first-order valence-corrected chi connectivity index (χ1v) is 5.83. The fraction of sp³-hybridized carbons (Fsp3) is 0.571. The number of sulfone groups is 1. The number of anilines is 1. The van der Waals surface area contributed by atoms with Crippen LogP contribution in [0.4, 0.5) is 5.82 Å². The number of rotatable bonds is 1. The number of aromatic nitrogens is 2. The molecule has 72 valence electrons. The maximum absolute atomic E-state index is 11.5. The highest BCUT2D eigenvalue weighted by Gasteiger charge is 2.33. The molecule has 0 aliphatic carbocycles. The molecule has 1 aromatic heterocycles. The van der Waals surface area contributed by atoms with Crippen molar-refractivity contribution in [2.45, 2.75) is 18.1 Å². The molecule has 1 fully saturated rings.